The van der Waals surface area contributed by atoms with Gasteiger partial charge in [0, 0.05) is 6.54 Å². The summed E-state index contributed by atoms with van der Waals surface area (Å²) in [4.78, 5) is 0. The highest BCUT2D eigenvalue weighted by atomic mass is 16.3. The summed E-state index contributed by atoms with van der Waals surface area (Å²) < 4.78 is 0. The molecule has 116 valence electrons. The molecule has 2 N–H and O–H groups in total. The average molecular weight is 287 g/mol. The minimum absolute atomic E-state index is 0.405. The monoisotopic (exact) mass is 287 g/mol. The van der Waals surface area contributed by atoms with Crippen LogP contribution in [0, 0.1) is 11.8 Å². The van der Waals surface area contributed by atoms with E-state index in [-0.39, 0.29) is 0 Å². The van der Waals surface area contributed by atoms with Crippen molar-refractivity contribution in [2.75, 3.05) is 13.1 Å². The summed E-state index contributed by atoms with van der Waals surface area (Å²) >= 11 is 0. The molecule has 2 nitrogen and oxygen atoms in total. The van der Waals surface area contributed by atoms with Gasteiger partial charge in [0.05, 0.1) is 6.10 Å². The van der Waals surface area contributed by atoms with Gasteiger partial charge >= 0.3 is 0 Å². The Balaban J connectivity index is 1.74. The highest BCUT2D eigenvalue weighted by molar-refractivity contribution is 5.24. The normalized spacial score (nSPS) is 19.9. The molecule has 2 unspecified atom stereocenters. The maximum atomic E-state index is 10.2. The fraction of sp³-hybridized carbons (Fsp3) is 0.579. The maximum absolute atomic E-state index is 10.2. The van der Waals surface area contributed by atoms with Crippen molar-refractivity contribution >= 4 is 0 Å². The molecule has 1 aromatic rings. The molecule has 0 bridgehead atoms. The van der Waals surface area contributed by atoms with Crippen LogP contribution in [0.5, 0.6) is 0 Å². The average Bonchev–Trinajstić information content (AvgIpc) is 2.48. The van der Waals surface area contributed by atoms with Crippen molar-refractivity contribution in [2.45, 2.75) is 45.6 Å². The van der Waals surface area contributed by atoms with Gasteiger partial charge in [-0.1, -0.05) is 50.3 Å². The molecule has 2 atom stereocenters. The second-order valence-corrected chi connectivity index (χ2v) is 6.66. The molecule has 21 heavy (non-hydrogen) atoms. The first-order valence-corrected chi connectivity index (χ1v) is 8.27. The number of hydrogen-bond acceptors (Lipinski definition) is 2. The van der Waals surface area contributed by atoms with Crippen LogP contribution in [0.15, 0.2) is 36.4 Å². The lowest BCUT2D eigenvalue weighted by molar-refractivity contribution is 0.172. The summed E-state index contributed by atoms with van der Waals surface area (Å²) in [6.07, 6.45) is 8.88. The summed E-state index contributed by atoms with van der Waals surface area (Å²) in [7, 11) is 0. The highest BCUT2D eigenvalue weighted by Gasteiger charge is 2.11. The van der Waals surface area contributed by atoms with E-state index in [4.69, 9.17) is 0 Å². The molecule has 1 aromatic carbocycles. The van der Waals surface area contributed by atoms with Crippen LogP contribution in [0.3, 0.4) is 0 Å². The van der Waals surface area contributed by atoms with Gasteiger partial charge in [-0.15, -0.1) is 0 Å². The lowest BCUT2D eigenvalue weighted by atomic mass is 9.94. The van der Waals surface area contributed by atoms with E-state index in [1.807, 2.05) is 0 Å². The molecule has 0 fully saturated rings. The third-order valence-corrected chi connectivity index (χ3v) is 4.16. The van der Waals surface area contributed by atoms with Crippen molar-refractivity contribution in [1.29, 1.82) is 0 Å². The fourth-order valence-corrected chi connectivity index (χ4v) is 2.93. The van der Waals surface area contributed by atoms with Crippen LogP contribution in [-0.2, 0) is 6.42 Å². The summed E-state index contributed by atoms with van der Waals surface area (Å²) in [5, 5.41) is 13.7. The van der Waals surface area contributed by atoms with Gasteiger partial charge in [0.15, 0.2) is 0 Å². The lowest BCUT2D eigenvalue weighted by Crippen LogP contribution is -2.27. The van der Waals surface area contributed by atoms with Gasteiger partial charge in [0.2, 0.25) is 0 Å². The molecule has 0 aromatic heterocycles. The topological polar surface area (TPSA) is 32.3 Å². The van der Waals surface area contributed by atoms with Crippen molar-refractivity contribution in [2.24, 2.45) is 11.8 Å². The summed E-state index contributed by atoms with van der Waals surface area (Å²) in [6, 6.07) is 8.41. The van der Waals surface area contributed by atoms with E-state index in [1.54, 1.807) is 0 Å². The van der Waals surface area contributed by atoms with Gasteiger partial charge in [-0.3, -0.25) is 0 Å². The SMILES string of the molecule is CC(C)Cc1ccc(C(O)CNCC2CC=CCC2)cc1. The Morgan fingerprint density at radius 2 is 1.95 bits per heavy atom. The Morgan fingerprint density at radius 3 is 2.57 bits per heavy atom. The number of aliphatic hydroxyl groups is 1. The minimum Gasteiger partial charge on any atom is -0.387 e. The van der Waals surface area contributed by atoms with Gasteiger partial charge in [0.1, 0.15) is 0 Å². The van der Waals surface area contributed by atoms with E-state index < -0.39 is 6.10 Å². The van der Waals surface area contributed by atoms with Gasteiger partial charge in [-0.05, 0) is 55.2 Å². The van der Waals surface area contributed by atoms with Crippen molar-refractivity contribution < 1.29 is 5.11 Å². The van der Waals surface area contributed by atoms with Crippen molar-refractivity contribution in [1.82, 2.24) is 5.32 Å². The third kappa shape index (κ3) is 5.64. The first-order chi connectivity index (χ1) is 10.1. The summed E-state index contributed by atoms with van der Waals surface area (Å²) in [6.45, 7) is 6.11. The van der Waals surface area contributed by atoms with E-state index in [9.17, 15) is 5.11 Å². The first kappa shape index (κ1) is 16.3. The van der Waals surface area contributed by atoms with E-state index in [1.165, 1.54) is 24.8 Å². The Bertz CT molecular complexity index is 435. The van der Waals surface area contributed by atoms with Gasteiger partial charge in [-0.2, -0.15) is 0 Å². The second kappa shape index (κ2) is 8.35. The van der Waals surface area contributed by atoms with Crippen LogP contribution in [0.25, 0.3) is 0 Å². The molecular weight excluding hydrogens is 258 g/mol. The van der Waals surface area contributed by atoms with Crippen LogP contribution >= 0.6 is 0 Å². The fourth-order valence-electron chi connectivity index (χ4n) is 2.93. The molecule has 0 saturated carbocycles. The van der Waals surface area contributed by atoms with Gasteiger partial charge in [0.25, 0.3) is 0 Å². The Hall–Kier alpha value is -1.12. The summed E-state index contributed by atoms with van der Waals surface area (Å²) in [5.41, 5.74) is 2.36. The molecule has 2 rings (SSSR count). The van der Waals surface area contributed by atoms with E-state index in [2.05, 4.69) is 55.6 Å². The molecule has 0 aliphatic heterocycles. The zero-order valence-electron chi connectivity index (χ0n) is 13.4. The van der Waals surface area contributed by atoms with E-state index in [0.717, 1.165) is 24.4 Å². The minimum atomic E-state index is -0.405. The van der Waals surface area contributed by atoms with Crippen molar-refractivity contribution in [3.05, 3.63) is 47.5 Å². The molecule has 1 aliphatic rings. The van der Waals surface area contributed by atoms with E-state index in [0.29, 0.717) is 12.5 Å². The zero-order valence-corrected chi connectivity index (χ0v) is 13.4. The largest absolute Gasteiger partial charge is 0.387 e. The maximum Gasteiger partial charge on any atom is 0.0914 e. The molecule has 0 heterocycles. The van der Waals surface area contributed by atoms with Crippen LogP contribution in [0.2, 0.25) is 0 Å². The van der Waals surface area contributed by atoms with Crippen molar-refractivity contribution in [3.8, 4) is 0 Å². The summed E-state index contributed by atoms with van der Waals surface area (Å²) in [5.74, 6) is 1.41. The predicted molar refractivity (Wildman–Crippen MR) is 89.3 cm³/mol. The Labute approximate surface area is 129 Å². The first-order valence-electron chi connectivity index (χ1n) is 8.27. The molecule has 0 saturated heterocycles. The van der Waals surface area contributed by atoms with Crippen LogP contribution in [0.4, 0.5) is 0 Å². The van der Waals surface area contributed by atoms with Crippen LogP contribution in [0.1, 0.15) is 50.3 Å². The van der Waals surface area contributed by atoms with Crippen LogP contribution in [-0.4, -0.2) is 18.2 Å². The molecule has 1 aliphatic carbocycles. The molecule has 0 spiro atoms. The number of nitrogens with one attached hydrogen (secondary N) is 1. The molecule has 2 heteroatoms. The molecular formula is C19H29NO. The number of hydrogen-bond donors (Lipinski definition) is 2. The number of allylic oxidation sites excluding steroid dienone is 2. The predicted octanol–water partition coefficient (Wildman–Crippen LogP) is 3.86. The lowest BCUT2D eigenvalue weighted by Gasteiger charge is -2.19. The standard InChI is InChI=1S/C19H29NO/c1-15(2)12-16-8-10-18(11-9-16)19(21)14-20-13-17-6-4-3-5-7-17/h3-4,8-11,15,17,19-21H,5-7,12-14H2,1-2H3. The second-order valence-electron chi connectivity index (χ2n) is 6.66. The molecule has 0 amide bonds. The quantitative estimate of drug-likeness (QED) is 0.746. The highest BCUT2D eigenvalue weighted by Crippen LogP contribution is 2.18. The number of rotatable bonds is 7. The number of benzene rings is 1. The smallest absolute Gasteiger partial charge is 0.0914 e. The zero-order chi connectivity index (χ0) is 15.1. The van der Waals surface area contributed by atoms with Gasteiger partial charge < -0.3 is 10.4 Å². The van der Waals surface area contributed by atoms with E-state index >= 15 is 0 Å². The number of aliphatic hydroxyl groups excluding tert-OH is 1. The van der Waals surface area contributed by atoms with Crippen molar-refractivity contribution in [3.63, 3.8) is 0 Å². The Morgan fingerprint density at radius 1 is 1.19 bits per heavy atom. The Kier molecular flexibility index (Phi) is 6.47. The van der Waals surface area contributed by atoms with Crippen LogP contribution < -0.4 is 5.32 Å². The molecule has 0 radical (unpaired) electrons. The third-order valence-electron chi connectivity index (χ3n) is 4.16. The van der Waals surface area contributed by atoms with Gasteiger partial charge in [-0.25, -0.2) is 0 Å².